The Morgan fingerprint density at radius 2 is 2.00 bits per heavy atom. The molecule has 1 amide bonds. The molecule has 2 N–H and O–H groups in total. The van der Waals surface area contributed by atoms with Crippen LogP contribution in [0.1, 0.15) is 32.6 Å². The summed E-state index contributed by atoms with van der Waals surface area (Å²) in [5.74, 6) is 0.246. The Bertz CT molecular complexity index is 263. The van der Waals surface area contributed by atoms with E-state index in [1.165, 1.54) is 25.7 Å². The van der Waals surface area contributed by atoms with Crippen molar-refractivity contribution in [1.29, 1.82) is 0 Å². The zero-order valence-corrected chi connectivity index (χ0v) is 10.4. The van der Waals surface area contributed by atoms with Gasteiger partial charge in [-0.15, -0.1) is 0 Å². The van der Waals surface area contributed by atoms with Crippen molar-refractivity contribution in [2.24, 2.45) is 5.73 Å². The largest absolute Gasteiger partial charge is 0.334 e. The smallest absolute Gasteiger partial charge is 0.241 e. The predicted octanol–water partition coefficient (Wildman–Crippen LogP) is 0.419. The lowest BCUT2D eigenvalue weighted by molar-refractivity contribution is -0.147. The monoisotopic (exact) mass is 225 g/mol. The molecule has 1 aliphatic heterocycles. The Balaban J connectivity index is 2.13. The third-order valence-corrected chi connectivity index (χ3v) is 4.04. The molecule has 2 fully saturated rings. The van der Waals surface area contributed by atoms with Crippen molar-refractivity contribution in [3.63, 3.8) is 0 Å². The molecule has 2 atom stereocenters. The first-order chi connectivity index (χ1) is 7.65. The Labute approximate surface area is 97.8 Å². The molecular weight excluding hydrogens is 202 g/mol. The van der Waals surface area contributed by atoms with Gasteiger partial charge in [-0.25, -0.2) is 0 Å². The summed E-state index contributed by atoms with van der Waals surface area (Å²) in [7, 11) is 2.00. The maximum absolute atomic E-state index is 12.4. The van der Waals surface area contributed by atoms with Crippen LogP contribution < -0.4 is 5.73 Å². The third kappa shape index (κ3) is 1.96. The average Bonchev–Trinajstić information content (AvgIpc) is 2.70. The highest BCUT2D eigenvalue weighted by atomic mass is 16.2. The number of nitrogens with two attached hydrogens (primary N) is 1. The highest BCUT2D eigenvalue weighted by Gasteiger charge is 2.39. The van der Waals surface area contributed by atoms with Gasteiger partial charge in [-0.1, -0.05) is 12.8 Å². The van der Waals surface area contributed by atoms with Gasteiger partial charge in [0.05, 0.1) is 0 Å². The highest BCUT2D eigenvalue weighted by molar-refractivity contribution is 5.83. The van der Waals surface area contributed by atoms with E-state index < -0.39 is 0 Å². The Morgan fingerprint density at radius 1 is 1.38 bits per heavy atom. The number of rotatable bonds is 2. The molecule has 4 nitrogen and oxygen atoms in total. The lowest BCUT2D eigenvalue weighted by Gasteiger charge is -2.45. The second-order valence-electron chi connectivity index (χ2n) is 5.22. The van der Waals surface area contributed by atoms with Crippen LogP contribution in [0.15, 0.2) is 0 Å². The average molecular weight is 225 g/mol. The molecule has 0 bridgehead atoms. The Morgan fingerprint density at radius 3 is 2.56 bits per heavy atom. The van der Waals surface area contributed by atoms with Gasteiger partial charge in [0.15, 0.2) is 0 Å². The summed E-state index contributed by atoms with van der Waals surface area (Å²) >= 11 is 0. The molecule has 0 aromatic heterocycles. The van der Waals surface area contributed by atoms with Gasteiger partial charge >= 0.3 is 0 Å². The first-order valence-corrected chi connectivity index (χ1v) is 6.37. The van der Waals surface area contributed by atoms with Crippen molar-refractivity contribution in [1.82, 2.24) is 9.80 Å². The molecule has 2 unspecified atom stereocenters. The van der Waals surface area contributed by atoms with Crippen LogP contribution in [-0.4, -0.2) is 54.0 Å². The van der Waals surface area contributed by atoms with E-state index in [-0.39, 0.29) is 11.9 Å². The molecule has 1 saturated heterocycles. The van der Waals surface area contributed by atoms with E-state index in [9.17, 15) is 4.79 Å². The van der Waals surface area contributed by atoms with Crippen LogP contribution in [0.3, 0.4) is 0 Å². The molecular formula is C12H23N3O. The number of nitrogens with zero attached hydrogens (tertiary/aromatic N) is 2. The van der Waals surface area contributed by atoms with Gasteiger partial charge < -0.3 is 10.6 Å². The van der Waals surface area contributed by atoms with Gasteiger partial charge in [0.2, 0.25) is 5.91 Å². The number of amides is 1. The van der Waals surface area contributed by atoms with Crippen molar-refractivity contribution in [3.05, 3.63) is 0 Å². The quantitative estimate of drug-likeness (QED) is 0.741. The van der Waals surface area contributed by atoms with E-state index in [0.717, 1.165) is 6.54 Å². The van der Waals surface area contributed by atoms with E-state index in [1.807, 2.05) is 7.05 Å². The van der Waals surface area contributed by atoms with Gasteiger partial charge in [0, 0.05) is 25.2 Å². The Kier molecular flexibility index (Phi) is 3.50. The lowest BCUT2D eigenvalue weighted by Crippen LogP contribution is -2.63. The summed E-state index contributed by atoms with van der Waals surface area (Å²) in [6.07, 6.45) is 4.89. The fourth-order valence-electron chi connectivity index (χ4n) is 3.21. The van der Waals surface area contributed by atoms with E-state index >= 15 is 0 Å². The zero-order chi connectivity index (χ0) is 11.7. The molecule has 0 aromatic rings. The fourth-order valence-corrected chi connectivity index (χ4v) is 3.21. The summed E-state index contributed by atoms with van der Waals surface area (Å²) in [5.41, 5.74) is 5.70. The van der Waals surface area contributed by atoms with E-state index in [4.69, 9.17) is 5.73 Å². The molecule has 1 heterocycles. The van der Waals surface area contributed by atoms with Gasteiger partial charge in [-0.3, -0.25) is 9.69 Å². The number of hydrogen-bond acceptors (Lipinski definition) is 3. The minimum Gasteiger partial charge on any atom is -0.334 e. The number of hydrogen-bond donors (Lipinski definition) is 1. The van der Waals surface area contributed by atoms with Crippen molar-refractivity contribution in [3.8, 4) is 0 Å². The number of piperazine rings is 1. The van der Waals surface area contributed by atoms with E-state index in [2.05, 4.69) is 16.7 Å². The summed E-state index contributed by atoms with van der Waals surface area (Å²) in [5, 5.41) is 0. The molecule has 0 aromatic carbocycles. The van der Waals surface area contributed by atoms with Gasteiger partial charge in [0.1, 0.15) is 6.04 Å². The summed E-state index contributed by atoms with van der Waals surface area (Å²) < 4.78 is 0. The van der Waals surface area contributed by atoms with Gasteiger partial charge in [-0.05, 0) is 26.8 Å². The normalized spacial score (nSPS) is 33.7. The summed E-state index contributed by atoms with van der Waals surface area (Å²) in [6, 6.07) is 0.713. The maximum atomic E-state index is 12.4. The second-order valence-corrected chi connectivity index (χ2v) is 5.22. The fraction of sp³-hybridized carbons (Fsp3) is 0.917. The van der Waals surface area contributed by atoms with Crippen LogP contribution in [0.4, 0.5) is 0 Å². The van der Waals surface area contributed by atoms with Crippen molar-refractivity contribution in [2.45, 2.75) is 50.7 Å². The Hall–Kier alpha value is -0.610. The molecule has 2 aliphatic rings. The van der Waals surface area contributed by atoms with Crippen LogP contribution in [0.5, 0.6) is 0 Å². The first kappa shape index (κ1) is 11.9. The van der Waals surface area contributed by atoms with Gasteiger partial charge in [-0.2, -0.15) is 0 Å². The maximum Gasteiger partial charge on any atom is 0.241 e. The zero-order valence-electron chi connectivity index (χ0n) is 10.4. The minimum absolute atomic E-state index is 0.100. The van der Waals surface area contributed by atoms with Crippen LogP contribution in [0.2, 0.25) is 0 Å². The number of likely N-dealkylation sites (N-methyl/N-ethyl adjacent to an activating group) is 1. The van der Waals surface area contributed by atoms with Crippen LogP contribution >= 0.6 is 0 Å². The number of carbonyl (C=O) groups is 1. The molecule has 1 aliphatic carbocycles. The molecule has 92 valence electrons. The van der Waals surface area contributed by atoms with Crippen molar-refractivity contribution in [2.75, 3.05) is 20.1 Å². The third-order valence-electron chi connectivity index (χ3n) is 4.04. The topological polar surface area (TPSA) is 49.6 Å². The summed E-state index contributed by atoms with van der Waals surface area (Å²) in [6.45, 7) is 3.54. The molecule has 2 rings (SSSR count). The molecule has 4 heteroatoms. The standard InChI is InChI=1S/C12H23N3O/c1-9-8-14(2)11(7-13)12(16)15(9)10-5-3-4-6-10/h9-11H,3-8,13H2,1-2H3. The van der Waals surface area contributed by atoms with Gasteiger partial charge in [0.25, 0.3) is 0 Å². The van der Waals surface area contributed by atoms with Crippen molar-refractivity contribution < 1.29 is 4.79 Å². The lowest BCUT2D eigenvalue weighted by atomic mass is 10.0. The first-order valence-electron chi connectivity index (χ1n) is 6.37. The molecule has 16 heavy (non-hydrogen) atoms. The summed E-state index contributed by atoms with van der Waals surface area (Å²) in [4.78, 5) is 16.6. The predicted molar refractivity (Wildman–Crippen MR) is 64.0 cm³/mol. The van der Waals surface area contributed by atoms with E-state index in [0.29, 0.717) is 18.6 Å². The molecule has 1 saturated carbocycles. The molecule has 0 radical (unpaired) electrons. The van der Waals surface area contributed by atoms with E-state index in [1.54, 1.807) is 0 Å². The second kappa shape index (κ2) is 4.72. The van der Waals surface area contributed by atoms with Crippen LogP contribution in [0, 0.1) is 0 Å². The SMILES string of the molecule is CC1CN(C)C(CN)C(=O)N1C1CCCC1. The number of carbonyl (C=O) groups excluding carboxylic acids is 1. The highest BCUT2D eigenvalue weighted by Crippen LogP contribution is 2.28. The van der Waals surface area contributed by atoms with Crippen molar-refractivity contribution >= 4 is 5.91 Å². The minimum atomic E-state index is -0.100. The van der Waals surface area contributed by atoms with Crippen LogP contribution in [-0.2, 0) is 4.79 Å². The van der Waals surface area contributed by atoms with Crippen LogP contribution in [0.25, 0.3) is 0 Å². The molecule has 0 spiro atoms.